The standard InChI is InChI=1S/C24H24N4OS2/c1-15-7-9-19(10-8-15)30-14-23(29)26-22-11-16(2)27-28(22)24-25-20-12-17-5-3-4-6-18(17)13-21(20)31-24/h7-13H,3-6,14H2,1-2H3,(H,26,29). The van der Waals surface area contributed by atoms with Gasteiger partial charge in [-0.3, -0.25) is 4.79 Å². The van der Waals surface area contributed by atoms with Crippen LogP contribution >= 0.6 is 23.1 Å². The van der Waals surface area contributed by atoms with Gasteiger partial charge in [-0.15, -0.1) is 11.8 Å². The molecule has 0 saturated carbocycles. The first-order valence-corrected chi connectivity index (χ1v) is 12.3. The third-order valence-electron chi connectivity index (χ3n) is 5.51. The molecule has 2 aromatic heterocycles. The molecule has 1 N–H and O–H groups in total. The number of nitrogens with zero attached hydrogens (tertiary/aromatic N) is 3. The molecule has 0 saturated heterocycles. The van der Waals surface area contributed by atoms with Gasteiger partial charge < -0.3 is 5.32 Å². The van der Waals surface area contributed by atoms with Gasteiger partial charge in [0.15, 0.2) is 0 Å². The topological polar surface area (TPSA) is 59.8 Å². The third kappa shape index (κ3) is 4.38. The highest BCUT2D eigenvalue weighted by atomic mass is 32.2. The van der Waals surface area contributed by atoms with Crippen LogP contribution < -0.4 is 5.32 Å². The number of thioether (sulfide) groups is 1. The molecule has 0 radical (unpaired) electrons. The molecule has 0 atom stereocenters. The summed E-state index contributed by atoms with van der Waals surface area (Å²) in [7, 11) is 0. The maximum Gasteiger partial charge on any atom is 0.235 e. The van der Waals surface area contributed by atoms with Crippen molar-refractivity contribution in [1.82, 2.24) is 14.8 Å². The van der Waals surface area contributed by atoms with Crippen molar-refractivity contribution >= 4 is 45.0 Å². The average molecular weight is 449 g/mol. The number of benzene rings is 2. The number of thiazole rings is 1. The van der Waals surface area contributed by atoms with Crippen LogP contribution in [0.25, 0.3) is 15.3 Å². The lowest BCUT2D eigenvalue weighted by molar-refractivity contribution is -0.113. The summed E-state index contributed by atoms with van der Waals surface area (Å²) >= 11 is 3.15. The second-order valence-corrected chi connectivity index (χ2v) is 10.1. The molecule has 4 aromatic rings. The number of carbonyl (C=O) groups excluding carboxylic acids is 1. The molecule has 1 amide bonds. The van der Waals surface area contributed by atoms with Gasteiger partial charge in [0.2, 0.25) is 11.0 Å². The van der Waals surface area contributed by atoms with E-state index in [4.69, 9.17) is 4.98 Å². The van der Waals surface area contributed by atoms with Gasteiger partial charge in [0.25, 0.3) is 0 Å². The number of hydrogen-bond donors (Lipinski definition) is 1. The minimum Gasteiger partial charge on any atom is -0.310 e. The van der Waals surface area contributed by atoms with E-state index in [9.17, 15) is 4.79 Å². The van der Waals surface area contributed by atoms with Gasteiger partial charge in [0, 0.05) is 11.0 Å². The largest absolute Gasteiger partial charge is 0.310 e. The molecule has 7 heteroatoms. The van der Waals surface area contributed by atoms with Crippen LogP contribution in [-0.4, -0.2) is 26.4 Å². The van der Waals surface area contributed by atoms with Crippen molar-refractivity contribution in [2.75, 3.05) is 11.1 Å². The molecular formula is C24H24N4OS2. The maximum absolute atomic E-state index is 12.6. The number of hydrogen-bond acceptors (Lipinski definition) is 5. The summed E-state index contributed by atoms with van der Waals surface area (Å²) < 4.78 is 2.93. The van der Waals surface area contributed by atoms with Crippen LogP contribution in [0.5, 0.6) is 0 Å². The number of amides is 1. The minimum atomic E-state index is -0.0525. The first kappa shape index (κ1) is 20.3. The highest BCUT2D eigenvalue weighted by Crippen LogP contribution is 2.32. The quantitative estimate of drug-likeness (QED) is 0.397. The SMILES string of the molecule is Cc1ccc(SCC(=O)Nc2cc(C)nn2-c2nc3cc4c(cc3s2)CCCC4)cc1. The monoisotopic (exact) mass is 448 g/mol. The van der Waals surface area contributed by atoms with E-state index in [1.54, 1.807) is 16.0 Å². The minimum absolute atomic E-state index is 0.0525. The second kappa shape index (κ2) is 8.48. The van der Waals surface area contributed by atoms with Gasteiger partial charge >= 0.3 is 0 Å². The number of nitrogens with one attached hydrogen (secondary N) is 1. The molecule has 5 nitrogen and oxygen atoms in total. The molecular weight excluding hydrogens is 424 g/mol. The maximum atomic E-state index is 12.6. The normalized spacial score (nSPS) is 13.4. The van der Waals surface area contributed by atoms with E-state index in [-0.39, 0.29) is 5.91 Å². The zero-order chi connectivity index (χ0) is 21.4. The van der Waals surface area contributed by atoms with E-state index < -0.39 is 0 Å². The van der Waals surface area contributed by atoms with Crippen molar-refractivity contribution in [2.45, 2.75) is 44.4 Å². The van der Waals surface area contributed by atoms with E-state index in [0.717, 1.165) is 34.1 Å². The van der Waals surface area contributed by atoms with Crippen LogP contribution in [0, 0.1) is 13.8 Å². The number of rotatable bonds is 5. The lowest BCUT2D eigenvalue weighted by Crippen LogP contribution is -2.16. The van der Waals surface area contributed by atoms with Crippen molar-refractivity contribution in [2.24, 2.45) is 0 Å². The van der Waals surface area contributed by atoms with Gasteiger partial charge in [-0.25, -0.2) is 4.98 Å². The predicted molar refractivity (Wildman–Crippen MR) is 129 cm³/mol. The van der Waals surface area contributed by atoms with E-state index in [0.29, 0.717) is 11.6 Å². The van der Waals surface area contributed by atoms with Crippen molar-refractivity contribution in [3.8, 4) is 5.13 Å². The molecule has 5 rings (SSSR count). The lowest BCUT2D eigenvalue weighted by atomic mass is 9.92. The van der Waals surface area contributed by atoms with E-state index >= 15 is 0 Å². The molecule has 2 aromatic carbocycles. The highest BCUT2D eigenvalue weighted by Gasteiger charge is 2.17. The Morgan fingerprint density at radius 2 is 1.84 bits per heavy atom. The Morgan fingerprint density at radius 3 is 2.61 bits per heavy atom. The van der Waals surface area contributed by atoms with Crippen LogP contribution in [0.3, 0.4) is 0 Å². The van der Waals surface area contributed by atoms with Crippen molar-refractivity contribution in [3.63, 3.8) is 0 Å². The van der Waals surface area contributed by atoms with Gasteiger partial charge in [-0.05, 0) is 74.9 Å². The Kier molecular flexibility index (Phi) is 5.54. The summed E-state index contributed by atoms with van der Waals surface area (Å²) in [6, 6.07) is 14.6. The Hall–Kier alpha value is -2.64. The van der Waals surface area contributed by atoms with Gasteiger partial charge in [0.1, 0.15) is 5.82 Å². The smallest absolute Gasteiger partial charge is 0.235 e. The van der Waals surface area contributed by atoms with Crippen molar-refractivity contribution in [3.05, 3.63) is 64.8 Å². The van der Waals surface area contributed by atoms with Gasteiger partial charge in [-0.1, -0.05) is 29.0 Å². The first-order chi connectivity index (χ1) is 15.0. The first-order valence-electron chi connectivity index (χ1n) is 10.5. The molecule has 0 spiro atoms. The number of aromatic nitrogens is 3. The summed E-state index contributed by atoms with van der Waals surface area (Å²) in [5, 5.41) is 8.40. The van der Waals surface area contributed by atoms with Crippen molar-refractivity contribution < 1.29 is 4.79 Å². The van der Waals surface area contributed by atoms with Crippen LogP contribution in [0.1, 0.15) is 35.2 Å². The van der Waals surface area contributed by atoms with Crippen LogP contribution in [-0.2, 0) is 17.6 Å². The predicted octanol–water partition coefficient (Wildman–Crippen LogP) is 5.71. The highest BCUT2D eigenvalue weighted by molar-refractivity contribution is 8.00. The Labute approximate surface area is 189 Å². The number of aryl methyl sites for hydroxylation is 4. The average Bonchev–Trinajstić information content (AvgIpc) is 3.33. The van der Waals surface area contributed by atoms with E-state index in [2.05, 4.69) is 41.6 Å². The van der Waals surface area contributed by atoms with Crippen molar-refractivity contribution in [1.29, 1.82) is 0 Å². The zero-order valence-electron chi connectivity index (χ0n) is 17.6. The summed E-state index contributed by atoms with van der Waals surface area (Å²) in [6.45, 7) is 3.99. The molecule has 1 aliphatic carbocycles. The fourth-order valence-electron chi connectivity index (χ4n) is 3.93. The number of fused-ring (bicyclic) bond motifs is 2. The summed E-state index contributed by atoms with van der Waals surface area (Å²) in [6.07, 6.45) is 4.81. The molecule has 0 bridgehead atoms. The van der Waals surface area contributed by atoms with Crippen LogP contribution in [0.15, 0.2) is 47.4 Å². The van der Waals surface area contributed by atoms with Gasteiger partial charge in [0.05, 0.1) is 21.7 Å². The summed E-state index contributed by atoms with van der Waals surface area (Å²) in [5.41, 5.74) is 5.95. The zero-order valence-corrected chi connectivity index (χ0v) is 19.3. The fourth-order valence-corrected chi connectivity index (χ4v) is 5.61. The molecule has 158 valence electrons. The lowest BCUT2D eigenvalue weighted by Gasteiger charge is -2.14. The molecule has 0 fully saturated rings. The Bertz CT molecular complexity index is 1210. The number of anilines is 1. The van der Waals surface area contributed by atoms with Crippen LogP contribution in [0.2, 0.25) is 0 Å². The van der Waals surface area contributed by atoms with E-state index in [1.807, 2.05) is 25.1 Å². The molecule has 1 aliphatic rings. The fraction of sp³-hybridized carbons (Fsp3) is 0.292. The third-order valence-corrected chi connectivity index (χ3v) is 7.52. The van der Waals surface area contributed by atoms with E-state index in [1.165, 1.54) is 46.0 Å². The Balaban J connectivity index is 1.36. The molecule has 2 heterocycles. The van der Waals surface area contributed by atoms with Gasteiger partial charge in [-0.2, -0.15) is 9.78 Å². The molecule has 31 heavy (non-hydrogen) atoms. The summed E-state index contributed by atoms with van der Waals surface area (Å²) in [5.74, 6) is 0.957. The number of carbonyl (C=O) groups is 1. The molecule has 0 unspecified atom stereocenters. The van der Waals surface area contributed by atoms with Crippen LogP contribution in [0.4, 0.5) is 5.82 Å². The second-order valence-electron chi connectivity index (χ2n) is 8.02. The molecule has 0 aliphatic heterocycles. The summed E-state index contributed by atoms with van der Waals surface area (Å²) in [4.78, 5) is 18.5. The Morgan fingerprint density at radius 1 is 1.10 bits per heavy atom.